The molecular weight excluding hydrogens is 276 g/mol. The van der Waals surface area contributed by atoms with Gasteiger partial charge < -0.3 is 15.4 Å². The molecule has 1 aromatic heterocycles. The summed E-state index contributed by atoms with van der Waals surface area (Å²) in [5.74, 6) is 0.385. The van der Waals surface area contributed by atoms with Gasteiger partial charge in [-0.3, -0.25) is 9.59 Å². The van der Waals surface area contributed by atoms with Crippen LogP contribution in [0.5, 0.6) is 5.75 Å². The molecule has 0 fully saturated rings. The normalized spacial score (nSPS) is 13.1. The SMILES string of the molecule is O=C1COc2cc(CNC(=O)c3cccs3)ccc2N1. The molecule has 0 spiro atoms. The van der Waals surface area contributed by atoms with Gasteiger partial charge in [0.25, 0.3) is 11.8 Å². The summed E-state index contributed by atoms with van der Waals surface area (Å²) in [6.45, 7) is 0.444. The molecule has 0 saturated carbocycles. The molecule has 0 unspecified atom stereocenters. The van der Waals surface area contributed by atoms with E-state index in [9.17, 15) is 9.59 Å². The molecule has 1 aliphatic heterocycles. The molecule has 2 heterocycles. The van der Waals surface area contributed by atoms with Crippen molar-refractivity contribution in [2.75, 3.05) is 11.9 Å². The largest absolute Gasteiger partial charge is 0.482 e. The number of thiophene rings is 1. The molecule has 0 radical (unpaired) electrons. The fraction of sp³-hybridized carbons (Fsp3) is 0.143. The highest BCUT2D eigenvalue weighted by atomic mass is 32.1. The zero-order chi connectivity index (χ0) is 13.9. The van der Waals surface area contributed by atoms with Crippen LogP contribution in [0.2, 0.25) is 0 Å². The molecule has 2 aromatic rings. The summed E-state index contributed by atoms with van der Waals surface area (Å²) in [6, 6.07) is 9.07. The van der Waals surface area contributed by atoms with Crippen molar-refractivity contribution in [1.29, 1.82) is 0 Å². The summed E-state index contributed by atoms with van der Waals surface area (Å²) in [5, 5.41) is 7.44. The third-order valence-electron chi connectivity index (χ3n) is 2.88. The number of ether oxygens (including phenoxy) is 1. The first-order chi connectivity index (χ1) is 9.72. The van der Waals surface area contributed by atoms with Gasteiger partial charge in [0.05, 0.1) is 10.6 Å². The number of anilines is 1. The van der Waals surface area contributed by atoms with Gasteiger partial charge in [0.15, 0.2) is 6.61 Å². The molecule has 6 heteroatoms. The van der Waals surface area contributed by atoms with Crippen LogP contribution in [0.3, 0.4) is 0 Å². The third kappa shape index (κ3) is 2.65. The molecule has 5 nitrogen and oxygen atoms in total. The zero-order valence-corrected chi connectivity index (χ0v) is 11.3. The van der Waals surface area contributed by atoms with Gasteiger partial charge in [0.2, 0.25) is 0 Å². The Hall–Kier alpha value is -2.34. The van der Waals surface area contributed by atoms with Crippen LogP contribution in [0, 0.1) is 0 Å². The molecule has 0 bridgehead atoms. The highest BCUT2D eigenvalue weighted by molar-refractivity contribution is 7.12. The van der Waals surface area contributed by atoms with E-state index >= 15 is 0 Å². The lowest BCUT2D eigenvalue weighted by molar-refractivity contribution is -0.118. The van der Waals surface area contributed by atoms with Crippen LogP contribution in [-0.2, 0) is 11.3 Å². The van der Waals surface area contributed by atoms with Crippen molar-refractivity contribution in [3.05, 3.63) is 46.2 Å². The quantitative estimate of drug-likeness (QED) is 0.908. The first-order valence-corrected chi connectivity index (χ1v) is 6.97. The third-order valence-corrected chi connectivity index (χ3v) is 3.75. The fourth-order valence-electron chi connectivity index (χ4n) is 1.91. The molecule has 2 amide bonds. The lowest BCUT2D eigenvalue weighted by Crippen LogP contribution is -2.26. The van der Waals surface area contributed by atoms with Crippen LogP contribution < -0.4 is 15.4 Å². The Labute approximate surface area is 119 Å². The standard InChI is InChI=1S/C14H12N2O3S/c17-13-8-19-11-6-9(3-4-10(11)16-13)7-15-14(18)12-2-1-5-20-12/h1-6H,7-8H2,(H,15,18)(H,16,17). The number of amides is 2. The van der Waals surface area contributed by atoms with E-state index in [-0.39, 0.29) is 18.4 Å². The predicted molar refractivity (Wildman–Crippen MR) is 76.1 cm³/mol. The van der Waals surface area contributed by atoms with Gasteiger partial charge in [0.1, 0.15) is 5.75 Å². The Morgan fingerprint density at radius 1 is 1.40 bits per heavy atom. The smallest absolute Gasteiger partial charge is 0.262 e. The summed E-state index contributed by atoms with van der Waals surface area (Å²) < 4.78 is 5.33. The second-order valence-electron chi connectivity index (χ2n) is 4.33. The number of carbonyl (C=O) groups excluding carboxylic acids is 2. The second kappa shape index (κ2) is 5.34. The fourth-order valence-corrected chi connectivity index (χ4v) is 2.55. The summed E-state index contributed by atoms with van der Waals surface area (Å²) in [5.41, 5.74) is 1.58. The molecule has 3 rings (SSSR count). The molecule has 0 saturated heterocycles. The lowest BCUT2D eigenvalue weighted by atomic mass is 10.1. The van der Waals surface area contributed by atoms with Gasteiger partial charge in [-0.2, -0.15) is 0 Å². The van der Waals surface area contributed by atoms with Crippen LogP contribution >= 0.6 is 11.3 Å². The molecule has 1 aromatic carbocycles. The van der Waals surface area contributed by atoms with Crippen molar-refractivity contribution in [3.8, 4) is 5.75 Å². The zero-order valence-electron chi connectivity index (χ0n) is 10.5. The minimum Gasteiger partial charge on any atom is -0.482 e. The van der Waals surface area contributed by atoms with Gasteiger partial charge in [-0.15, -0.1) is 11.3 Å². The number of rotatable bonds is 3. The molecule has 1 aliphatic rings. The van der Waals surface area contributed by atoms with Crippen LogP contribution in [-0.4, -0.2) is 18.4 Å². The number of carbonyl (C=O) groups is 2. The minimum atomic E-state index is -0.156. The summed E-state index contributed by atoms with van der Waals surface area (Å²) >= 11 is 1.41. The first kappa shape index (κ1) is 12.7. The van der Waals surface area contributed by atoms with E-state index in [0.717, 1.165) is 5.56 Å². The Morgan fingerprint density at radius 3 is 3.10 bits per heavy atom. The van der Waals surface area contributed by atoms with Gasteiger partial charge in [-0.25, -0.2) is 0 Å². The van der Waals surface area contributed by atoms with Crippen molar-refractivity contribution >= 4 is 28.8 Å². The van der Waals surface area contributed by atoms with Gasteiger partial charge in [-0.1, -0.05) is 12.1 Å². The van der Waals surface area contributed by atoms with Crippen LogP contribution in [0.4, 0.5) is 5.69 Å². The van der Waals surface area contributed by atoms with E-state index in [4.69, 9.17) is 4.74 Å². The van der Waals surface area contributed by atoms with E-state index in [0.29, 0.717) is 22.9 Å². The molecule has 0 atom stereocenters. The predicted octanol–water partition coefficient (Wildman–Crippen LogP) is 2.01. The maximum Gasteiger partial charge on any atom is 0.262 e. The van der Waals surface area contributed by atoms with Crippen molar-refractivity contribution in [1.82, 2.24) is 5.32 Å². The van der Waals surface area contributed by atoms with Crippen molar-refractivity contribution in [2.45, 2.75) is 6.54 Å². The summed E-state index contributed by atoms with van der Waals surface area (Å²) in [4.78, 5) is 23.7. The van der Waals surface area contributed by atoms with E-state index < -0.39 is 0 Å². The van der Waals surface area contributed by atoms with E-state index in [1.165, 1.54) is 11.3 Å². The molecule has 102 valence electrons. The molecule has 20 heavy (non-hydrogen) atoms. The number of hydrogen-bond acceptors (Lipinski definition) is 4. The van der Waals surface area contributed by atoms with Crippen LogP contribution in [0.1, 0.15) is 15.2 Å². The first-order valence-electron chi connectivity index (χ1n) is 6.09. The maximum atomic E-state index is 11.8. The highest BCUT2D eigenvalue weighted by Crippen LogP contribution is 2.28. The van der Waals surface area contributed by atoms with E-state index in [1.807, 2.05) is 23.6 Å². The Balaban J connectivity index is 1.67. The second-order valence-corrected chi connectivity index (χ2v) is 5.28. The maximum absolute atomic E-state index is 11.8. The van der Waals surface area contributed by atoms with Crippen molar-refractivity contribution < 1.29 is 14.3 Å². The lowest BCUT2D eigenvalue weighted by Gasteiger charge is -2.18. The number of nitrogens with one attached hydrogen (secondary N) is 2. The number of hydrogen-bond donors (Lipinski definition) is 2. The molecular formula is C14H12N2O3S. The van der Waals surface area contributed by atoms with Crippen LogP contribution in [0.25, 0.3) is 0 Å². The Bertz CT molecular complexity index is 652. The topological polar surface area (TPSA) is 67.4 Å². The van der Waals surface area contributed by atoms with Gasteiger partial charge >= 0.3 is 0 Å². The van der Waals surface area contributed by atoms with Crippen molar-refractivity contribution in [2.24, 2.45) is 0 Å². The Kier molecular flexibility index (Phi) is 3.39. The average Bonchev–Trinajstić information content (AvgIpc) is 2.99. The minimum absolute atomic E-state index is 0.0258. The van der Waals surface area contributed by atoms with Crippen molar-refractivity contribution in [3.63, 3.8) is 0 Å². The summed E-state index contributed by atoms with van der Waals surface area (Å²) in [6.07, 6.45) is 0. The molecule has 0 aliphatic carbocycles. The average molecular weight is 288 g/mol. The molecule has 2 N–H and O–H groups in total. The van der Waals surface area contributed by atoms with Gasteiger partial charge in [0, 0.05) is 6.54 Å². The number of benzene rings is 1. The number of fused-ring (bicyclic) bond motifs is 1. The summed E-state index contributed by atoms with van der Waals surface area (Å²) in [7, 11) is 0. The van der Waals surface area contributed by atoms with E-state index in [2.05, 4.69) is 10.6 Å². The van der Waals surface area contributed by atoms with Gasteiger partial charge in [-0.05, 0) is 29.1 Å². The van der Waals surface area contributed by atoms with E-state index in [1.54, 1.807) is 12.1 Å². The Morgan fingerprint density at radius 2 is 2.30 bits per heavy atom. The van der Waals surface area contributed by atoms with Crippen LogP contribution in [0.15, 0.2) is 35.7 Å². The highest BCUT2D eigenvalue weighted by Gasteiger charge is 2.16. The monoisotopic (exact) mass is 288 g/mol.